The first-order valence-electron chi connectivity index (χ1n) is 24.2. The van der Waals surface area contributed by atoms with Gasteiger partial charge in [-0.3, -0.25) is 0 Å². The van der Waals surface area contributed by atoms with Crippen molar-refractivity contribution in [1.82, 2.24) is 0 Å². The van der Waals surface area contributed by atoms with Crippen molar-refractivity contribution in [3.63, 3.8) is 0 Å². The summed E-state index contributed by atoms with van der Waals surface area (Å²) in [7, 11) is 0. The van der Waals surface area contributed by atoms with E-state index in [0.717, 1.165) is 38.5 Å². The van der Waals surface area contributed by atoms with Gasteiger partial charge >= 0.3 is 0 Å². The van der Waals surface area contributed by atoms with Gasteiger partial charge in [0.25, 0.3) is 0 Å². The Bertz CT molecular complexity index is 3380. The molecule has 0 saturated heterocycles. The third-order valence-corrected chi connectivity index (χ3v) is 17.5. The van der Waals surface area contributed by atoms with E-state index in [2.05, 4.69) is 172 Å². The molecule has 0 heteroatoms. The lowest BCUT2D eigenvalue weighted by Gasteiger charge is -2.47. The molecule has 2 unspecified atom stereocenters. The summed E-state index contributed by atoms with van der Waals surface area (Å²) in [4.78, 5) is 0. The van der Waals surface area contributed by atoms with Crippen LogP contribution in [-0.4, -0.2) is 0 Å². The van der Waals surface area contributed by atoms with E-state index in [0.29, 0.717) is 11.8 Å². The molecule has 7 aliphatic carbocycles. The smallest absolute Gasteiger partial charge is 0.0720 e. The summed E-state index contributed by atoms with van der Waals surface area (Å²) in [6.07, 6.45) is 14.5. The highest BCUT2D eigenvalue weighted by atomic mass is 14.6. The second-order valence-electron chi connectivity index (χ2n) is 20.8. The van der Waals surface area contributed by atoms with Gasteiger partial charge in [0.2, 0.25) is 0 Å². The van der Waals surface area contributed by atoms with Crippen LogP contribution in [0.2, 0.25) is 0 Å². The molecule has 1 spiro atoms. The maximum atomic E-state index is 2.70. The molecule has 0 bridgehead atoms. The van der Waals surface area contributed by atoms with Crippen molar-refractivity contribution in [3.05, 3.63) is 241 Å². The van der Waals surface area contributed by atoms with Crippen molar-refractivity contribution in [3.8, 4) is 33.4 Å². The van der Waals surface area contributed by atoms with Crippen LogP contribution in [-0.2, 0) is 49.4 Å². The van der Waals surface area contributed by atoms with Crippen LogP contribution >= 0.6 is 0 Å². The molecule has 306 valence electrons. The van der Waals surface area contributed by atoms with Gasteiger partial charge in [-0.15, -0.1) is 0 Å². The molecule has 0 nitrogen and oxygen atoms in total. The molecule has 7 aliphatic rings. The van der Waals surface area contributed by atoms with Crippen molar-refractivity contribution >= 4 is 16.3 Å². The van der Waals surface area contributed by atoms with Crippen molar-refractivity contribution in [2.45, 2.75) is 82.0 Å². The summed E-state index contributed by atoms with van der Waals surface area (Å²) >= 11 is 0. The molecular weight excluding hydrogens is 769 g/mol. The number of rotatable bonds is 2. The van der Waals surface area contributed by atoms with Gasteiger partial charge in [0.05, 0.1) is 5.41 Å². The van der Waals surface area contributed by atoms with Crippen LogP contribution in [0, 0.1) is 5.92 Å². The second kappa shape index (κ2) is 12.6. The zero-order valence-corrected chi connectivity index (χ0v) is 36.8. The second-order valence-corrected chi connectivity index (χ2v) is 20.8. The lowest BCUT2D eigenvalue weighted by atomic mass is 9.55. The largest absolute Gasteiger partial charge is 0.0726 e. The quantitative estimate of drug-likeness (QED) is 0.163. The topological polar surface area (TPSA) is 0 Å². The number of allylic oxidation sites excluding steroid dienone is 4. The first-order valence-corrected chi connectivity index (χ1v) is 24.2. The van der Waals surface area contributed by atoms with Gasteiger partial charge in [0.15, 0.2) is 0 Å². The molecule has 0 fully saturated rings. The van der Waals surface area contributed by atoms with Crippen molar-refractivity contribution in [2.24, 2.45) is 5.92 Å². The van der Waals surface area contributed by atoms with Crippen molar-refractivity contribution in [2.75, 3.05) is 0 Å². The Kier molecular flexibility index (Phi) is 7.07. The van der Waals surface area contributed by atoms with Gasteiger partial charge in [-0.2, -0.15) is 0 Å². The number of benzene rings is 8. The Hall–Kier alpha value is -6.50. The Morgan fingerprint density at radius 1 is 0.422 bits per heavy atom. The number of hydrogen-bond acceptors (Lipinski definition) is 0. The minimum absolute atomic E-state index is 0.155. The first-order chi connectivity index (χ1) is 31.5. The maximum Gasteiger partial charge on any atom is 0.0720 e. The molecule has 0 aliphatic heterocycles. The van der Waals surface area contributed by atoms with E-state index in [9.17, 15) is 0 Å². The molecule has 0 aromatic heterocycles. The van der Waals surface area contributed by atoms with E-state index in [4.69, 9.17) is 0 Å². The normalized spacial score (nSPS) is 20.3. The summed E-state index contributed by atoms with van der Waals surface area (Å²) in [6, 6.07) is 58.0. The summed E-state index contributed by atoms with van der Waals surface area (Å²) in [6.45, 7) is 4.90. The number of fused-ring (bicyclic) bond motifs is 11. The Balaban J connectivity index is 1.00. The van der Waals surface area contributed by atoms with Gasteiger partial charge < -0.3 is 0 Å². The minimum atomic E-state index is -0.493. The average molecular weight is 819 g/mol. The van der Waals surface area contributed by atoms with E-state index in [1.807, 2.05) is 0 Å². The lowest BCUT2D eigenvalue weighted by Crippen LogP contribution is -2.40. The highest BCUT2D eigenvalue weighted by molar-refractivity contribution is 6.10. The van der Waals surface area contributed by atoms with Crippen LogP contribution in [0.25, 0.3) is 49.7 Å². The number of hydrogen-bond donors (Lipinski definition) is 0. The van der Waals surface area contributed by atoms with Crippen molar-refractivity contribution < 1.29 is 0 Å². The molecule has 0 heterocycles. The summed E-state index contributed by atoms with van der Waals surface area (Å²) in [5.74, 6) is 1.06. The Morgan fingerprint density at radius 2 is 1.02 bits per heavy atom. The van der Waals surface area contributed by atoms with Gasteiger partial charge in [0, 0.05) is 11.3 Å². The molecule has 0 saturated carbocycles. The van der Waals surface area contributed by atoms with E-state index in [1.54, 1.807) is 27.8 Å². The molecule has 0 amide bonds. The molecule has 64 heavy (non-hydrogen) atoms. The van der Waals surface area contributed by atoms with E-state index < -0.39 is 5.41 Å². The molecule has 0 radical (unpaired) electrons. The van der Waals surface area contributed by atoms with E-state index in [1.165, 1.54) is 118 Å². The zero-order chi connectivity index (χ0) is 42.1. The molecule has 15 rings (SSSR count). The van der Waals surface area contributed by atoms with Crippen LogP contribution in [0.3, 0.4) is 0 Å². The standard InChI is InChI=1S/C64H50/c1-63(2)52-17-5-7-19-54(52)64(55-20-8-6-18-53(55)63)56-35-41(46-31-42-25-21-37-11-9-12-38-22-26-43(32-46)60(42)58(37)38)29-30-50(56)62-49-16-4-3-15-48(49)51(36-57(62)64)47-33-44-27-23-39-13-10-14-40-24-28-45(34-47)61(44)59(39)40/h3-20,29-36,44,61H,21-28H2,1-2H3. The van der Waals surface area contributed by atoms with Crippen LogP contribution < -0.4 is 0 Å². The van der Waals surface area contributed by atoms with Gasteiger partial charge in [-0.05, 0) is 197 Å². The third kappa shape index (κ3) is 4.50. The molecule has 0 N–H and O–H groups in total. The van der Waals surface area contributed by atoms with E-state index in [-0.39, 0.29) is 5.41 Å². The average Bonchev–Trinajstić information content (AvgIpc) is 3.64. The molecule has 8 aromatic rings. The molecular formula is C64H50. The molecule has 2 atom stereocenters. The van der Waals surface area contributed by atoms with Crippen LogP contribution in [0.4, 0.5) is 0 Å². The summed E-state index contributed by atoms with van der Waals surface area (Å²) in [5, 5.41) is 2.74. The SMILES string of the molecule is CC1(C)c2ccccc2C2(c3cc(-c4cc5c6c(c4)CCc4cccc(c4-6)CC5)ccc3-c3c2cc(C2=CC4CCc5cccc6c5C4C(=C2)CC6)c2ccccc32)c2ccccc21. The third-order valence-electron chi connectivity index (χ3n) is 17.5. The maximum absolute atomic E-state index is 2.70. The Morgan fingerprint density at radius 3 is 1.73 bits per heavy atom. The minimum Gasteiger partial charge on any atom is -0.0726 e. The summed E-state index contributed by atoms with van der Waals surface area (Å²) < 4.78 is 0. The Labute approximate surface area is 377 Å². The fourth-order valence-electron chi connectivity index (χ4n) is 14.8. The van der Waals surface area contributed by atoms with Gasteiger partial charge in [-0.1, -0.05) is 165 Å². The van der Waals surface area contributed by atoms with Gasteiger partial charge in [-0.25, -0.2) is 0 Å². The fourth-order valence-corrected chi connectivity index (χ4v) is 14.8. The van der Waals surface area contributed by atoms with Crippen molar-refractivity contribution in [1.29, 1.82) is 0 Å². The highest BCUT2D eigenvalue weighted by Gasteiger charge is 2.54. The van der Waals surface area contributed by atoms with Crippen LogP contribution in [0.15, 0.2) is 163 Å². The predicted octanol–water partition coefficient (Wildman–Crippen LogP) is 15.0. The van der Waals surface area contributed by atoms with Crippen LogP contribution in [0.5, 0.6) is 0 Å². The van der Waals surface area contributed by atoms with Gasteiger partial charge in [0.1, 0.15) is 0 Å². The van der Waals surface area contributed by atoms with Crippen LogP contribution in [0.1, 0.15) is 110 Å². The fraction of sp³-hybridized carbons (Fsp3) is 0.219. The highest BCUT2D eigenvalue weighted by Crippen LogP contribution is 2.64. The lowest BCUT2D eigenvalue weighted by molar-refractivity contribution is 0.458. The molecule has 8 aromatic carbocycles. The predicted molar refractivity (Wildman–Crippen MR) is 264 cm³/mol. The zero-order valence-electron chi connectivity index (χ0n) is 36.8. The monoisotopic (exact) mass is 818 g/mol. The first kappa shape index (κ1) is 35.9. The van der Waals surface area contributed by atoms with E-state index >= 15 is 0 Å². The number of aryl methyl sites for hydroxylation is 6. The summed E-state index contributed by atoms with van der Waals surface area (Å²) in [5.41, 5.74) is 32.0.